The zero-order chi connectivity index (χ0) is 15.3. The Labute approximate surface area is 128 Å². The molecule has 0 aliphatic heterocycles. The molecule has 1 aliphatic rings. The lowest BCUT2D eigenvalue weighted by Gasteiger charge is -2.35. The van der Waals surface area contributed by atoms with Crippen LogP contribution in [-0.2, 0) is 0 Å². The molecule has 0 bridgehead atoms. The fourth-order valence-corrected chi connectivity index (χ4v) is 3.58. The first-order chi connectivity index (χ1) is 10.2. The molecule has 21 heavy (non-hydrogen) atoms. The largest absolute Gasteiger partial charge is 0.490 e. The fraction of sp³-hybridized carbons (Fsp3) is 0.667. The summed E-state index contributed by atoms with van der Waals surface area (Å²) in [6.45, 7) is 7.53. The van der Waals surface area contributed by atoms with Gasteiger partial charge >= 0.3 is 0 Å². The zero-order valence-corrected chi connectivity index (χ0v) is 13.7. The molecule has 1 aliphatic carbocycles. The topological polar surface area (TPSA) is 44.5 Å². The minimum Gasteiger partial charge on any atom is -0.490 e. The number of nitrogens with two attached hydrogens (primary N) is 1. The summed E-state index contributed by atoms with van der Waals surface area (Å²) in [5, 5.41) is 0. The molecule has 1 aromatic rings. The third-order valence-corrected chi connectivity index (χ3v) is 4.89. The normalized spacial score (nSPS) is 18.5. The van der Waals surface area contributed by atoms with Crippen LogP contribution < -0.4 is 15.2 Å². The quantitative estimate of drug-likeness (QED) is 0.807. The van der Waals surface area contributed by atoms with E-state index in [2.05, 4.69) is 19.1 Å². The lowest BCUT2D eigenvalue weighted by Crippen LogP contribution is -2.31. The molecule has 0 aromatic heterocycles. The van der Waals surface area contributed by atoms with E-state index < -0.39 is 0 Å². The van der Waals surface area contributed by atoms with Crippen LogP contribution in [0.1, 0.15) is 64.5 Å². The Kier molecular flexibility index (Phi) is 5.51. The summed E-state index contributed by atoms with van der Waals surface area (Å²) in [5.74, 6) is 1.63. The van der Waals surface area contributed by atoms with Crippen molar-refractivity contribution >= 4 is 0 Å². The molecule has 118 valence electrons. The highest BCUT2D eigenvalue weighted by Gasteiger charge is 2.38. The molecule has 0 radical (unpaired) electrons. The number of hydrogen-bond donors (Lipinski definition) is 1. The van der Waals surface area contributed by atoms with Crippen LogP contribution in [0.15, 0.2) is 18.2 Å². The molecular formula is C18H29NO2. The van der Waals surface area contributed by atoms with Crippen LogP contribution in [0, 0.1) is 5.41 Å². The molecule has 0 spiro atoms. The van der Waals surface area contributed by atoms with Crippen molar-refractivity contribution in [3.05, 3.63) is 23.8 Å². The van der Waals surface area contributed by atoms with E-state index in [4.69, 9.17) is 15.2 Å². The Hall–Kier alpha value is -1.22. The maximum atomic E-state index is 6.64. The number of benzene rings is 1. The fourth-order valence-electron chi connectivity index (χ4n) is 3.58. The van der Waals surface area contributed by atoms with Gasteiger partial charge < -0.3 is 15.2 Å². The van der Waals surface area contributed by atoms with E-state index in [0.717, 1.165) is 17.9 Å². The van der Waals surface area contributed by atoms with Crippen LogP contribution in [0.5, 0.6) is 11.5 Å². The van der Waals surface area contributed by atoms with Crippen LogP contribution >= 0.6 is 0 Å². The standard InChI is InChI=1S/C18H29NO2/c1-4-18(11-7-8-12-18)17(19)14-9-10-15(20-5-2)16(13-14)21-6-3/h9-10,13,17H,4-8,11-12,19H2,1-3H3. The van der Waals surface area contributed by atoms with Crippen LogP contribution in [-0.4, -0.2) is 13.2 Å². The first-order valence-corrected chi connectivity index (χ1v) is 8.32. The maximum Gasteiger partial charge on any atom is 0.161 e. The van der Waals surface area contributed by atoms with Gasteiger partial charge in [-0.1, -0.05) is 25.8 Å². The van der Waals surface area contributed by atoms with Gasteiger partial charge in [0.05, 0.1) is 13.2 Å². The Morgan fingerprint density at radius 2 is 1.67 bits per heavy atom. The van der Waals surface area contributed by atoms with Crippen LogP contribution in [0.25, 0.3) is 0 Å². The second kappa shape index (κ2) is 7.17. The Bertz CT molecular complexity index is 453. The first-order valence-electron chi connectivity index (χ1n) is 8.32. The lowest BCUT2D eigenvalue weighted by molar-refractivity contribution is 0.221. The minimum atomic E-state index is 0.0832. The monoisotopic (exact) mass is 291 g/mol. The molecule has 1 saturated carbocycles. The number of ether oxygens (including phenoxy) is 2. The van der Waals surface area contributed by atoms with Crippen molar-refractivity contribution in [2.75, 3.05) is 13.2 Å². The minimum absolute atomic E-state index is 0.0832. The third kappa shape index (κ3) is 3.34. The van der Waals surface area contributed by atoms with Gasteiger partial charge in [-0.2, -0.15) is 0 Å². The van der Waals surface area contributed by atoms with E-state index in [1.54, 1.807) is 0 Å². The average Bonchev–Trinajstić information content (AvgIpc) is 2.99. The zero-order valence-electron chi connectivity index (χ0n) is 13.7. The predicted molar refractivity (Wildman–Crippen MR) is 86.9 cm³/mol. The van der Waals surface area contributed by atoms with Crippen molar-refractivity contribution in [2.24, 2.45) is 11.1 Å². The second-order valence-corrected chi connectivity index (χ2v) is 5.97. The highest BCUT2D eigenvalue weighted by molar-refractivity contribution is 5.44. The number of rotatable bonds is 7. The summed E-state index contributed by atoms with van der Waals surface area (Å²) < 4.78 is 11.4. The first kappa shape index (κ1) is 16.2. The van der Waals surface area contributed by atoms with Crippen molar-refractivity contribution in [1.82, 2.24) is 0 Å². The molecular weight excluding hydrogens is 262 g/mol. The van der Waals surface area contributed by atoms with Gasteiger partial charge in [0, 0.05) is 6.04 Å². The molecule has 2 rings (SSSR count). The van der Waals surface area contributed by atoms with Crippen molar-refractivity contribution in [3.8, 4) is 11.5 Å². The van der Waals surface area contributed by atoms with Gasteiger partial charge in [0.25, 0.3) is 0 Å². The highest BCUT2D eigenvalue weighted by Crippen LogP contribution is 2.49. The summed E-state index contributed by atoms with van der Waals surface area (Å²) in [6.07, 6.45) is 6.23. The highest BCUT2D eigenvalue weighted by atomic mass is 16.5. The van der Waals surface area contributed by atoms with Gasteiger partial charge in [-0.15, -0.1) is 0 Å². The molecule has 1 unspecified atom stereocenters. The summed E-state index contributed by atoms with van der Waals surface area (Å²) in [6, 6.07) is 6.27. The van der Waals surface area contributed by atoms with Gasteiger partial charge in [0.2, 0.25) is 0 Å². The molecule has 3 heteroatoms. The summed E-state index contributed by atoms with van der Waals surface area (Å²) in [5.41, 5.74) is 8.07. The summed E-state index contributed by atoms with van der Waals surface area (Å²) in [7, 11) is 0. The molecule has 2 N–H and O–H groups in total. The molecule has 0 saturated heterocycles. The molecule has 1 aromatic carbocycles. The van der Waals surface area contributed by atoms with Gasteiger partial charge in [0.1, 0.15) is 0 Å². The maximum absolute atomic E-state index is 6.64. The van der Waals surface area contributed by atoms with E-state index in [1.807, 2.05) is 19.9 Å². The van der Waals surface area contributed by atoms with Crippen LogP contribution in [0.4, 0.5) is 0 Å². The summed E-state index contributed by atoms with van der Waals surface area (Å²) >= 11 is 0. The van der Waals surface area contributed by atoms with E-state index in [1.165, 1.54) is 31.2 Å². The van der Waals surface area contributed by atoms with Gasteiger partial charge in [-0.3, -0.25) is 0 Å². The van der Waals surface area contributed by atoms with Gasteiger partial charge in [-0.25, -0.2) is 0 Å². The van der Waals surface area contributed by atoms with E-state index >= 15 is 0 Å². The average molecular weight is 291 g/mol. The third-order valence-electron chi connectivity index (χ3n) is 4.89. The Morgan fingerprint density at radius 3 is 2.24 bits per heavy atom. The molecule has 0 amide bonds. The van der Waals surface area contributed by atoms with Gasteiger partial charge in [0.15, 0.2) is 11.5 Å². The Balaban J connectivity index is 2.28. The molecule has 3 nitrogen and oxygen atoms in total. The van der Waals surface area contributed by atoms with E-state index in [-0.39, 0.29) is 11.5 Å². The van der Waals surface area contributed by atoms with Crippen molar-refractivity contribution in [3.63, 3.8) is 0 Å². The van der Waals surface area contributed by atoms with Crippen molar-refractivity contribution in [1.29, 1.82) is 0 Å². The van der Waals surface area contributed by atoms with E-state index in [9.17, 15) is 0 Å². The molecule has 0 heterocycles. The van der Waals surface area contributed by atoms with Crippen molar-refractivity contribution in [2.45, 2.75) is 58.9 Å². The van der Waals surface area contributed by atoms with Crippen LogP contribution in [0.2, 0.25) is 0 Å². The van der Waals surface area contributed by atoms with Crippen molar-refractivity contribution < 1.29 is 9.47 Å². The van der Waals surface area contributed by atoms with Crippen LogP contribution in [0.3, 0.4) is 0 Å². The SMILES string of the molecule is CCOc1ccc(C(N)C2(CC)CCCC2)cc1OCC. The Morgan fingerprint density at radius 1 is 1.05 bits per heavy atom. The van der Waals surface area contributed by atoms with Gasteiger partial charge in [-0.05, 0) is 56.2 Å². The molecule has 1 atom stereocenters. The van der Waals surface area contributed by atoms with E-state index in [0.29, 0.717) is 13.2 Å². The molecule has 1 fully saturated rings. The predicted octanol–water partition coefficient (Wildman–Crippen LogP) is 4.45. The summed E-state index contributed by atoms with van der Waals surface area (Å²) in [4.78, 5) is 0. The smallest absolute Gasteiger partial charge is 0.161 e. The lowest BCUT2D eigenvalue weighted by atomic mass is 9.74. The number of hydrogen-bond acceptors (Lipinski definition) is 3. The second-order valence-electron chi connectivity index (χ2n) is 5.97.